The van der Waals surface area contributed by atoms with Crippen molar-refractivity contribution < 1.29 is 46.3 Å². The van der Waals surface area contributed by atoms with Crippen molar-refractivity contribution in [1.29, 1.82) is 0 Å². The third-order valence-corrected chi connectivity index (χ3v) is 5.84. The maximum absolute atomic E-state index is 13.2. The Morgan fingerprint density at radius 1 is 1.05 bits per heavy atom. The molecule has 0 N–H and O–H groups in total. The number of rotatable bonds is 11. The number of carbonyl (C=O) groups is 1. The first kappa shape index (κ1) is 29.5. The third-order valence-electron chi connectivity index (χ3n) is 5.84. The number of amides is 1. The molecule has 3 heterocycles. The van der Waals surface area contributed by atoms with Crippen LogP contribution < -0.4 is 29.2 Å². The van der Waals surface area contributed by atoms with Crippen molar-refractivity contribution in [1.82, 2.24) is 19.4 Å². The van der Waals surface area contributed by atoms with E-state index in [-0.39, 0.29) is 49.5 Å². The third kappa shape index (κ3) is 7.49. The number of fused-ring (bicyclic) bond motifs is 1. The van der Waals surface area contributed by atoms with Crippen molar-refractivity contribution in [3.8, 4) is 17.0 Å². The van der Waals surface area contributed by atoms with Gasteiger partial charge in [-0.2, -0.15) is 0 Å². The van der Waals surface area contributed by atoms with Gasteiger partial charge in [0.1, 0.15) is 11.4 Å². The zero-order valence-corrected chi connectivity index (χ0v) is 21.3. The van der Waals surface area contributed by atoms with Gasteiger partial charge in [-0.05, 0) is 56.6 Å². The molecule has 198 valence electrons. The quantitative estimate of drug-likeness (QED) is 0.277. The minimum Gasteiger partial charge on any atom is -0.461 e. The van der Waals surface area contributed by atoms with E-state index in [4.69, 9.17) is 4.74 Å². The number of hydrogen-bond donors (Lipinski definition) is 0. The second-order valence-electron chi connectivity index (χ2n) is 8.42. The van der Waals surface area contributed by atoms with Crippen molar-refractivity contribution >= 4 is 22.9 Å². The summed E-state index contributed by atoms with van der Waals surface area (Å²) in [5, 5.41) is 4.39. The van der Waals surface area contributed by atoms with Crippen LogP contribution in [0.25, 0.3) is 27.7 Å². The Morgan fingerprint density at radius 3 is 2.47 bits per heavy atom. The van der Waals surface area contributed by atoms with Gasteiger partial charge in [0.05, 0.1) is 18.8 Å². The number of halogens is 3. The van der Waals surface area contributed by atoms with E-state index in [0.717, 1.165) is 13.0 Å². The van der Waals surface area contributed by atoms with Crippen LogP contribution in [0, 0.1) is 0 Å². The van der Waals surface area contributed by atoms with Crippen LogP contribution in [0.15, 0.2) is 41.2 Å². The maximum atomic E-state index is 13.2. The Bertz CT molecular complexity index is 1300. The van der Waals surface area contributed by atoms with E-state index in [9.17, 15) is 22.8 Å². The van der Waals surface area contributed by atoms with Crippen LogP contribution in [-0.4, -0.2) is 64.6 Å². The molecular formula is C25H27F3LiN5O4. The van der Waals surface area contributed by atoms with Crippen LogP contribution in [-0.2, 0) is 16.1 Å². The van der Waals surface area contributed by atoms with Crippen LogP contribution in [0.2, 0.25) is 0 Å². The number of alkyl halides is 3. The zero-order chi connectivity index (χ0) is 26.4. The van der Waals surface area contributed by atoms with Crippen molar-refractivity contribution in [3.05, 3.63) is 52.1 Å². The fourth-order valence-corrected chi connectivity index (χ4v) is 4.09. The fourth-order valence-electron chi connectivity index (χ4n) is 4.09. The summed E-state index contributed by atoms with van der Waals surface area (Å²) in [5.74, 6) is -0.140. The second kappa shape index (κ2) is 13.1. The number of carbonyl (C=O) groups excluding carboxylic acids is 1. The number of nitrogens with zero attached hydrogens (tertiary/aromatic N) is 5. The van der Waals surface area contributed by atoms with E-state index in [1.165, 1.54) is 28.8 Å². The van der Waals surface area contributed by atoms with Crippen LogP contribution in [0.3, 0.4) is 0 Å². The van der Waals surface area contributed by atoms with Crippen LogP contribution in [0.1, 0.15) is 26.2 Å². The largest absolute Gasteiger partial charge is 1.00 e. The Morgan fingerprint density at radius 2 is 1.82 bits per heavy atom. The minimum atomic E-state index is -4.78. The molecule has 1 saturated heterocycles. The minimum absolute atomic E-state index is 0. The Labute approximate surface area is 229 Å². The molecule has 0 aliphatic carbocycles. The fraction of sp³-hybridized carbons (Fsp3) is 0.440. The van der Waals surface area contributed by atoms with Gasteiger partial charge in [-0.1, -0.05) is 6.07 Å². The topological polar surface area (TPSA) is 101 Å². The number of ether oxygens (including phenoxy) is 2. The summed E-state index contributed by atoms with van der Waals surface area (Å²) >= 11 is 0. The molecule has 1 amide bonds. The molecule has 13 heteroatoms. The Balaban J connectivity index is 0.00000400. The maximum Gasteiger partial charge on any atom is 1.00 e. The van der Waals surface area contributed by atoms with Gasteiger partial charge in [0, 0.05) is 43.0 Å². The van der Waals surface area contributed by atoms with Gasteiger partial charge < -0.3 is 24.7 Å². The first-order chi connectivity index (χ1) is 17.7. The smallest absolute Gasteiger partial charge is 0.461 e. The van der Waals surface area contributed by atoms with Crippen LogP contribution >= 0.6 is 0 Å². The van der Waals surface area contributed by atoms with Gasteiger partial charge in [0.25, 0.3) is 5.56 Å². The summed E-state index contributed by atoms with van der Waals surface area (Å²) in [5.41, 5.74) is 1.36. The number of likely N-dealkylation sites (tertiary alicyclic amines) is 1. The summed E-state index contributed by atoms with van der Waals surface area (Å²) in [4.78, 5) is 35.8. The van der Waals surface area contributed by atoms with E-state index in [0.29, 0.717) is 55.0 Å². The molecular weight excluding hydrogens is 498 g/mol. The van der Waals surface area contributed by atoms with Crippen molar-refractivity contribution in [3.63, 3.8) is 0 Å². The van der Waals surface area contributed by atoms with Crippen LogP contribution in [0.4, 0.5) is 19.0 Å². The molecule has 2 aromatic heterocycles. The molecule has 0 saturated carbocycles. The Hall–Kier alpha value is -3.07. The van der Waals surface area contributed by atoms with E-state index in [1.54, 1.807) is 17.0 Å². The van der Waals surface area contributed by atoms with E-state index in [1.807, 2.05) is 6.92 Å². The molecule has 1 aliphatic rings. The number of benzene rings is 1. The molecule has 9 nitrogen and oxygen atoms in total. The molecule has 3 aromatic rings. The SMILES string of the molecule is CCOCCn1c(=O)c([N-]CCCN2CCCC2=O)nc2ccc(-c3ccc(OC(F)(F)F)cc3)nc21.[Li+]. The normalized spacial score (nSPS) is 13.6. The average molecular weight is 525 g/mol. The van der Waals surface area contributed by atoms with Gasteiger partial charge in [0.15, 0.2) is 0 Å². The van der Waals surface area contributed by atoms with Crippen LogP contribution in [0.5, 0.6) is 5.75 Å². The van der Waals surface area contributed by atoms with E-state index >= 15 is 0 Å². The standard InChI is InChI=1S/C25H27F3N5O4.Li/c1-2-36-16-15-33-23-20(30-22(24(33)35)29-12-4-14-32-13-3-5-21(32)34)11-10-19(31-23)17-6-8-18(9-7-17)37-25(26,27)28;/h6-11H,2-5,12-16H2,1H3;/q-1;+1. The summed E-state index contributed by atoms with van der Waals surface area (Å²) < 4.78 is 48.2. The number of aromatic nitrogens is 3. The molecule has 4 rings (SSSR count). The monoisotopic (exact) mass is 525 g/mol. The van der Waals surface area contributed by atoms with Gasteiger partial charge in [-0.25, -0.2) is 4.98 Å². The first-order valence-corrected chi connectivity index (χ1v) is 12.1. The van der Waals surface area contributed by atoms with Crippen molar-refractivity contribution in [2.45, 2.75) is 39.1 Å². The molecule has 1 fully saturated rings. The summed E-state index contributed by atoms with van der Waals surface area (Å²) in [6, 6.07) is 8.69. The average Bonchev–Trinajstić information content (AvgIpc) is 3.27. The van der Waals surface area contributed by atoms with Gasteiger partial charge in [-0.15, -0.1) is 13.2 Å². The van der Waals surface area contributed by atoms with Gasteiger partial charge in [0.2, 0.25) is 5.91 Å². The predicted molar refractivity (Wildman–Crippen MR) is 131 cm³/mol. The first-order valence-electron chi connectivity index (χ1n) is 12.1. The second-order valence-corrected chi connectivity index (χ2v) is 8.42. The van der Waals surface area contributed by atoms with Gasteiger partial charge >= 0.3 is 25.2 Å². The molecule has 0 bridgehead atoms. The summed E-state index contributed by atoms with van der Waals surface area (Å²) in [6.45, 7) is 4.53. The summed E-state index contributed by atoms with van der Waals surface area (Å²) in [6.07, 6.45) is -2.71. The molecule has 1 aliphatic heterocycles. The molecule has 0 spiro atoms. The molecule has 0 atom stereocenters. The van der Waals surface area contributed by atoms with Gasteiger partial charge in [-0.3, -0.25) is 14.2 Å². The van der Waals surface area contributed by atoms with Crippen molar-refractivity contribution in [2.24, 2.45) is 0 Å². The number of hydrogen-bond acceptors (Lipinski definition) is 6. The van der Waals surface area contributed by atoms with Crippen molar-refractivity contribution in [2.75, 3.05) is 32.8 Å². The number of pyridine rings is 1. The summed E-state index contributed by atoms with van der Waals surface area (Å²) in [7, 11) is 0. The Kier molecular flexibility index (Phi) is 10.2. The van der Waals surface area contributed by atoms with E-state index in [2.05, 4.69) is 20.0 Å². The zero-order valence-electron chi connectivity index (χ0n) is 21.3. The predicted octanol–water partition coefficient (Wildman–Crippen LogP) is 1.42. The molecule has 38 heavy (non-hydrogen) atoms. The molecule has 0 radical (unpaired) electrons. The molecule has 1 aromatic carbocycles. The van der Waals surface area contributed by atoms with E-state index < -0.39 is 11.9 Å². The molecule has 0 unspecified atom stereocenters.